The van der Waals surface area contributed by atoms with Crippen molar-refractivity contribution in [1.82, 2.24) is 15.1 Å². The van der Waals surface area contributed by atoms with Gasteiger partial charge in [-0.25, -0.2) is 0 Å². The zero-order valence-corrected chi connectivity index (χ0v) is 10.5. The van der Waals surface area contributed by atoms with Crippen LogP contribution in [0.5, 0.6) is 0 Å². The summed E-state index contributed by atoms with van der Waals surface area (Å²) in [5.74, 6) is 0.431. The molecule has 6 heteroatoms. The minimum Gasteiger partial charge on any atom is -0.365 e. The number of amides is 1. The SMILES string of the molecule is Cc1nn(C)c(N2CCNC(C)C2)c1C(N)=O. The molecule has 1 aliphatic heterocycles. The number of hydrogen-bond donors (Lipinski definition) is 2. The lowest BCUT2D eigenvalue weighted by Crippen LogP contribution is -2.50. The van der Waals surface area contributed by atoms with E-state index in [1.54, 1.807) is 4.68 Å². The number of aromatic nitrogens is 2. The highest BCUT2D eigenvalue weighted by atomic mass is 16.1. The van der Waals surface area contributed by atoms with Crippen LogP contribution in [0, 0.1) is 6.92 Å². The predicted octanol–water partition coefficient (Wildman–Crippen LogP) is -0.374. The Morgan fingerprint density at radius 3 is 2.88 bits per heavy atom. The number of piperazine rings is 1. The molecule has 6 nitrogen and oxygen atoms in total. The number of carbonyl (C=O) groups excluding carboxylic acids is 1. The van der Waals surface area contributed by atoms with Crippen LogP contribution in [-0.4, -0.2) is 41.4 Å². The molecule has 0 bridgehead atoms. The van der Waals surface area contributed by atoms with E-state index in [1.807, 2.05) is 14.0 Å². The topological polar surface area (TPSA) is 76.2 Å². The highest BCUT2D eigenvalue weighted by Gasteiger charge is 2.25. The third kappa shape index (κ3) is 2.12. The standard InChI is InChI=1S/C11H19N5O/c1-7-6-16(5-4-13-7)11-9(10(12)17)8(2)14-15(11)3/h7,13H,4-6H2,1-3H3,(H2,12,17). The molecule has 0 saturated carbocycles. The molecular weight excluding hydrogens is 218 g/mol. The fourth-order valence-corrected chi connectivity index (χ4v) is 2.42. The fraction of sp³-hybridized carbons (Fsp3) is 0.636. The summed E-state index contributed by atoms with van der Waals surface area (Å²) in [5.41, 5.74) is 6.67. The van der Waals surface area contributed by atoms with E-state index in [1.165, 1.54) is 0 Å². The average Bonchev–Trinajstić information content (AvgIpc) is 2.53. The number of aryl methyl sites for hydroxylation is 2. The van der Waals surface area contributed by atoms with Gasteiger partial charge in [-0.05, 0) is 13.8 Å². The second-order valence-corrected chi connectivity index (χ2v) is 4.57. The maximum absolute atomic E-state index is 11.5. The van der Waals surface area contributed by atoms with Crippen molar-refractivity contribution < 1.29 is 4.79 Å². The molecule has 0 aliphatic carbocycles. The van der Waals surface area contributed by atoms with Crippen molar-refractivity contribution >= 4 is 11.7 Å². The van der Waals surface area contributed by atoms with E-state index < -0.39 is 5.91 Å². The van der Waals surface area contributed by atoms with E-state index >= 15 is 0 Å². The van der Waals surface area contributed by atoms with Crippen molar-refractivity contribution in [3.05, 3.63) is 11.3 Å². The summed E-state index contributed by atoms with van der Waals surface area (Å²) in [7, 11) is 1.85. The first-order chi connectivity index (χ1) is 8.00. The van der Waals surface area contributed by atoms with E-state index in [4.69, 9.17) is 5.73 Å². The lowest BCUT2D eigenvalue weighted by atomic mass is 10.2. The molecule has 1 saturated heterocycles. The van der Waals surface area contributed by atoms with Crippen LogP contribution in [0.25, 0.3) is 0 Å². The van der Waals surface area contributed by atoms with Crippen LogP contribution in [-0.2, 0) is 7.05 Å². The molecule has 1 aliphatic rings. The van der Waals surface area contributed by atoms with Crippen molar-refractivity contribution in [2.75, 3.05) is 24.5 Å². The van der Waals surface area contributed by atoms with Crippen LogP contribution in [0.4, 0.5) is 5.82 Å². The van der Waals surface area contributed by atoms with E-state index in [9.17, 15) is 4.79 Å². The minimum atomic E-state index is -0.406. The average molecular weight is 237 g/mol. The van der Waals surface area contributed by atoms with Crippen LogP contribution in [0.15, 0.2) is 0 Å². The molecule has 94 valence electrons. The molecule has 2 heterocycles. The third-order valence-electron chi connectivity index (χ3n) is 3.11. The molecule has 17 heavy (non-hydrogen) atoms. The van der Waals surface area contributed by atoms with Gasteiger partial charge in [0.15, 0.2) is 0 Å². The maximum Gasteiger partial charge on any atom is 0.254 e. The first-order valence-electron chi connectivity index (χ1n) is 5.82. The molecular formula is C11H19N5O. The summed E-state index contributed by atoms with van der Waals surface area (Å²) in [5, 5.41) is 7.66. The van der Waals surface area contributed by atoms with Crippen molar-refractivity contribution in [2.45, 2.75) is 19.9 Å². The molecule has 0 spiro atoms. The quantitative estimate of drug-likeness (QED) is 0.735. The molecule has 1 fully saturated rings. The summed E-state index contributed by atoms with van der Waals surface area (Å²) >= 11 is 0. The first-order valence-corrected chi connectivity index (χ1v) is 5.82. The smallest absolute Gasteiger partial charge is 0.254 e. The Bertz CT molecular complexity index is 439. The van der Waals surface area contributed by atoms with Crippen molar-refractivity contribution in [1.29, 1.82) is 0 Å². The Hall–Kier alpha value is -1.56. The maximum atomic E-state index is 11.5. The molecule has 1 amide bonds. The normalized spacial score (nSPS) is 20.6. The Morgan fingerprint density at radius 1 is 1.59 bits per heavy atom. The number of anilines is 1. The van der Waals surface area contributed by atoms with Gasteiger partial charge in [0.1, 0.15) is 11.4 Å². The molecule has 1 atom stereocenters. The number of rotatable bonds is 2. The largest absolute Gasteiger partial charge is 0.365 e. The van der Waals surface area contributed by atoms with Crippen LogP contribution in [0.3, 0.4) is 0 Å². The second kappa shape index (κ2) is 4.37. The number of hydrogen-bond acceptors (Lipinski definition) is 4. The Labute approximate surface area is 101 Å². The fourth-order valence-electron chi connectivity index (χ4n) is 2.42. The zero-order chi connectivity index (χ0) is 12.6. The molecule has 1 aromatic heterocycles. The van der Waals surface area contributed by atoms with Gasteiger partial charge in [-0.1, -0.05) is 0 Å². The minimum absolute atomic E-state index is 0.402. The van der Waals surface area contributed by atoms with Crippen molar-refractivity contribution in [3.8, 4) is 0 Å². The Kier molecular flexibility index (Phi) is 3.06. The Morgan fingerprint density at radius 2 is 2.29 bits per heavy atom. The molecule has 3 N–H and O–H groups in total. The van der Waals surface area contributed by atoms with Crippen molar-refractivity contribution in [2.24, 2.45) is 12.8 Å². The van der Waals surface area contributed by atoms with Crippen LogP contribution >= 0.6 is 0 Å². The summed E-state index contributed by atoms with van der Waals surface area (Å²) in [6, 6.07) is 0.402. The van der Waals surface area contributed by atoms with Gasteiger partial charge in [0.05, 0.1) is 5.69 Å². The highest BCUT2D eigenvalue weighted by Crippen LogP contribution is 2.23. The molecule has 2 rings (SSSR count). The van der Waals surface area contributed by atoms with Gasteiger partial charge in [-0.3, -0.25) is 9.48 Å². The Balaban J connectivity index is 2.40. The van der Waals surface area contributed by atoms with Gasteiger partial charge in [0, 0.05) is 32.7 Å². The van der Waals surface area contributed by atoms with E-state index in [2.05, 4.69) is 22.2 Å². The zero-order valence-electron chi connectivity index (χ0n) is 10.5. The lowest BCUT2D eigenvalue weighted by Gasteiger charge is -2.33. The van der Waals surface area contributed by atoms with Crippen LogP contribution in [0.1, 0.15) is 23.0 Å². The van der Waals surface area contributed by atoms with Gasteiger partial charge in [0.2, 0.25) is 0 Å². The molecule has 0 radical (unpaired) electrons. The van der Waals surface area contributed by atoms with Crippen LogP contribution in [0.2, 0.25) is 0 Å². The summed E-state index contributed by atoms with van der Waals surface area (Å²) in [4.78, 5) is 13.7. The van der Waals surface area contributed by atoms with Gasteiger partial charge in [-0.2, -0.15) is 5.10 Å². The van der Waals surface area contributed by atoms with Gasteiger partial charge < -0.3 is 16.0 Å². The first kappa shape index (κ1) is 11.9. The number of nitrogens with one attached hydrogen (secondary N) is 1. The highest BCUT2D eigenvalue weighted by molar-refractivity contribution is 5.99. The number of nitrogens with zero attached hydrogens (tertiary/aromatic N) is 3. The van der Waals surface area contributed by atoms with Gasteiger partial charge in [0.25, 0.3) is 5.91 Å². The summed E-state index contributed by atoms with van der Waals surface area (Å²) < 4.78 is 1.74. The predicted molar refractivity (Wildman–Crippen MR) is 66.1 cm³/mol. The van der Waals surface area contributed by atoms with Crippen LogP contribution < -0.4 is 16.0 Å². The lowest BCUT2D eigenvalue weighted by molar-refractivity contribution is 0.1000. The monoisotopic (exact) mass is 237 g/mol. The van der Waals surface area contributed by atoms with E-state index in [-0.39, 0.29) is 0 Å². The molecule has 0 aromatic carbocycles. The van der Waals surface area contributed by atoms with E-state index in [0.29, 0.717) is 17.3 Å². The van der Waals surface area contributed by atoms with Crippen molar-refractivity contribution in [3.63, 3.8) is 0 Å². The van der Waals surface area contributed by atoms with Gasteiger partial charge in [-0.15, -0.1) is 0 Å². The van der Waals surface area contributed by atoms with E-state index in [0.717, 1.165) is 25.5 Å². The second-order valence-electron chi connectivity index (χ2n) is 4.57. The summed E-state index contributed by atoms with van der Waals surface area (Å²) in [6.07, 6.45) is 0. The van der Waals surface area contributed by atoms with Gasteiger partial charge >= 0.3 is 0 Å². The number of primary amides is 1. The number of nitrogens with two attached hydrogens (primary N) is 1. The third-order valence-corrected chi connectivity index (χ3v) is 3.11. The number of carbonyl (C=O) groups is 1. The molecule has 1 aromatic rings. The molecule has 1 unspecified atom stereocenters. The summed E-state index contributed by atoms with van der Waals surface area (Å²) in [6.45, 7) is 6.57.